The molecule has 3 nitrogen and oxygen atoms in total. The van der Waals surface area contributed by atoms with Crippen LogP contribution in [0.4, 0.5) is 0 Å². The zero-order chi connectivity index (χ0) is 10.8. The van der Waals surface area contributed by atoms with Crippen LogP contribution in [0.2, 0.25) is 0 Å². The van der Waals surface area contributed by atoms with Gasteiger partial charge in [-0.15, -0.1) is 0 Å². The molecular formula is C11H23NO2. The van der Waals surface area contributed by atoms with E-state index in [9.17, 15) is 5.11 Å². The van der Waals surface area contributed by atoms with Gasteiger partial charge in [-0.3, -0.25) is 4.90 Å². The van der Waals surface area contributed by atoms with Gasteiger partial charge in [0.2, 0.25) is 0 Å². The van der Waals surface area contributed by atoms with Crippen molar-refractivity contribution in [2.24, 2.45) is 0 Å². The van der Waals surface area contributed by atoms with Gasteiger partial charge in [-0.25, -0.2) is 0 Å². The van der Waals surface area contributed by atoms with Gasteiger partial charge in [-0.1, -0.05) is 6.92 Å². The van der Waals surface area contributed by atoms with E-state index in [0.717, 1.165) is 32.5 Å². The highest BCUT2D eigenvalue weighted by atomic mass is 16.5. The second kappa shape index (κ2) is 4.17. The lowest BCUT2D eigenvalue weighted by Crippen LogP contribution is -2.61. The minimum absolute atomic E-state index is 0.0417. The lowest BCUT2D eigenvalue weighted by Gasteiger charge is -2.47. The molecule has 0 radical (unpaired) electrons. The molecule has 0 spiro atoms. The van der Waals surface area contributed by atoms with Crippen LogP contribution in [0.3, 0.4) is 0 Å². The molecule has 0 aromatic heterocycles. The van der Waals surface area contributed by atoms with E-state index < -0.39 is 5.60 Å². The Hall–Kier alpha value is -0.120. The van der Waals surface area contributed by atoms with Crippen LogP contribution in [0, 0.1) is 0 Å². The predicted molar refractivity (Wildman–Crippen MR) is 57.4 cm³/mol. The highest BCUT2D eigenvalue weighted by Crippen LogP contribution is 2.25. The summed E-state index contributed by atoms with van der Waals surface area (Å²) in [6, 6.07) is 0. The van der Waals surface area contributed by atoms with Gasteiger partial charge in [0, 0.05) is 26.7 Å². The Balaban J connectivity index is 2.18. The number of hydrogen-bond donors (Lipinski definition) is 1. The van der Waals surface area contributed by atoms with Gasteiger partial charge in [-0.05, 0) is 26.7 Å². The molecule has 0 aliphatic carbocycles. The zero-order valence-electron chi connectivity index (χ0n) is 9.84. The van der Waals surface area contributed by atoms with Gasteiger partial charge in [0.15, 0.2) is 0 Å². The molecule has 14 heavy (non-hydrogen) atoms. The summed E-state index contributed by atoms with van der Waals surface area (Å²) in [5, 5.41) is 9.80. The molecule has 0 bridgehead atoms. The van der Waals surface area contributed by atoms with E-state index in [1.54, 1.807) is 7.11 Å². The topological polar surface area (TPSA) is 32.7 Å². The molecule has 0 saturated carbocycles. The standard InChI is InChI=1S/C11H23NO2/c1-5-11(13)8-12(9-11)7-6-10(2,3)14-4/h13H,5-9H2,1-4H3. The van der Waals surface area contributed by atoms with Gasteiger partial charge in [0.1, 0.15) is 0 Å². The average molecular weight is 201 g/mol. The van der Waals surface area contributed by atoms with E-state index in [1.807, 2.05) is 6.92 Å². The van der Waals surface area contributed by atoms with E-state index in [-0.39, 0.29) is 5.60 Å². The van der Waals surface area contributed by atoms with Crippen molar-refractivity contribution in [3.05, 3.63) is 0 Å². The first kappa shape index (κ1) is 12.0. The molecule has 1 fully saturated rings. The minimum atomic E-state index is -0.406. The Morgan fingerprint density at radius 3 is 2.43 bits per heavy atom. The molecule has 1 aliphatic heterocycles. The monoisotopic (exact) mass is 201 g/mol. The number of ether oxygens (including phenoxy) is 1. The Kier molecular flexibility index (Phi) is 3.56. The molecule has 1 saturated heterocycles. The zero-order valence-corrected chi connectivity index (χ0v) is 9.84. The summed E-state index contributed by atoms with van der Waals surface area (Å²) >= 11 is 0. The van der Waals surface area contributed by atoms with Crippen molar-refractivity contribution >= 4 is 0 Å². The summed E-state index contributed by atoms with van der Waals surface area (Å²) in [6.45, 7) is 8.89. The molecule has 1 rings (SSSR count). The molecule has 0 aromatic carbocycles. The van der Waals surface area contributed by atoms with Crippen LogP contribution < -0.4 is 0 Å². The van der Waals surface area contributed by atoms with E-state index in [0.29, 0.717) is 0 Å². The fraction of sp³-hybridized carbons (Fsp3) is 1.00. The summed E-state index contributed by atoms with van der Waals surface area (Å²) in [4.78, 5) is 2.28. The van der Waals surface area contributed by atoms with Crippen LogP contribution in [0.15, 0.2) is 0 Å². The summed E-state index contributed by atoms with van der Waals surface area (Å²) in [7, 11) is 1.75. The number of β-amino-alcohol motifs (C(OH)–C–C–N with tert-alkyl or cyclic N) is 1. The first-order chi connectivity index (χ1) is 6.41. The highest BCUT2D eigenvalue weighted by Gasteiger charge is 2.39. The van der Waals surface area contributed by atoms with Gasteiger partial charge in [-0.2, -0.15) is 0 Å². The first-order valence-corrected chi connectivity index (χ1v) is 5.41. The van der Waals surface area contributed by atoms with Crippen LogP contribution >= 0.6 is 0 Å². The molecular weight excluding hydrogens is 178 g/mol. The Morgan fingerprint density at radius 2 is 2.00 bits per heavy atom. The normalized spacial score (nSPS) is 22.1. The number of methoxy groups -OCH3 is 1. The van der Waals surface area contributed by atoms with Crippen LogP contribution in [0.25, 0.3) is 0 Å². The number of hydrogen-bond acceptors (Lipinski definition) is 3. The fourth-order valence-electron chi connectivity index (χ4n) is 1.70. The van der Waals surface area contributed by atoms with Crippen LogP contribution in [0.5, 0.6) is 0 Å². The smallest absolute Gasteiger partial charge is 0.0897 e. The molecule has 0 unspecified atom stereocenters. The molecule has 0 amide bonds. The second-order valence-corrected chi connectivity index (χ2v) is 5.00. The van der Waals surface area contributed by atoms with Crippen molar-refractivity contribution in [1.82, 2.24) is 4.90 Å². The van der Waals surface area contributed by atoms with Crippen LogP contribution in [-0.2, 0) is 4.74 Å². The number of likely N-dealkylation sites (tertiary alicyclic amines) is 1. The lowest BCUT2D eigenvalue weighted by molar-refractivity contribution is -0.107. The number of rotatable bonds is 5. The van der Waals surface area contributed by atoms with Crippen LogP contribution in [-0.4, -0.2) is 48.0 Å². The quantitative estimate of drug-likeness (QED) is 0.727. The van der Waals surface area contributed by atoms with Crippen molar-refractivity contribution < 1.29 is 9.84 Å². The largest absolute Gasteiger partial charge is 0.387 e. The second-order valence-electron chi connectivity index (χ2n) is 5.00. The third-order valence-electron chi connectivity index (χ3n) is 3.28. The third-order valence-corrected chi connectivity index (χ3v) is 3.28. The van der Waals surface area contributed by atoms with E-state index in [1.165, 1.54) is 0 Å². The first-order valence-electron chi connectivity index (χ1n) is 5.41. The Morgan fingerprint density at radius 1 is 1.43 bits per heavy atom. The fourth-order valence-corrected chi connectivity index (χ4v) is 1.70. The van der Waals surface area contributed by atoms with Crippen molar-refractivity contribution in [3.8, 4) is 0 Å². The Bertz CT molecular complexity index is 186. The maximum Gasteiger partial charge on any atom is 0.0897 e. The maximum absolute atomic E-state index is 9.80. The summed E-state index contributed by atoms with van der Waals surface area (Å²) < 4.78 is 5.35. The van der Waals surface area contributed by atoms with Gasteiger partial charge < -0.3 is 9.84 Å². The van der Waals surface area contributed by atoms with Crippen molar-refractivity contribution in [1.29, 1.82) is 0 Å². The molecule has 0 aromatic rings. The third kappa shape index (κ3) is 2.94. The van der Waals surface area contributed by atoms with Crippen LogP contribution in [0.1, 0.15) is 33.6 Å². The van der Waals surface area contributed by atoms with E-state index in [2.05, 4.69) is 18.7 Å². The molecule has 1 heterocycles. The number of nitrogens with zero attached hydrogens (tertiary/aromatic N) is 1. The molecule has 84 valence electrons. The minimum Gasteiger partial charge on any atom is -0.387 e. The van der Waals surface area contributed by atoms with Crippen molar-refractivity contribution in [2.75, 3.05) is 26.7 Å². The Labute approximate surface area is 87.1 Å². The summed E-state index contributed by atoms with van der Waals surface area (Å²) in [6.07, 6.45) is 1.88. The van der Waals surface area contributed by atoms with E-state index >= 15 is 0 Å². The van der Waals surface area contributed by atoms with Gasteiger partial charge in [0.25, 0.3) is 0 Å². The van der Waals surface area contributed by atoms with Crippen molar-refractivity contribution in [2.45, 2.75) is 44.8 Å². The summed E-state index contributed by atoms with van der Waals surface area (Å²) in [5.74, 6) is 0. The summed E-state index contributed by atoms with van der Waals surface area (Å²) in [5.41, 5.74) is -0.447. The van der Waals surface area contributed by atoms with Crippen molar-refractivity contribution in [3.63, 3.8) is 0 Å². The molecule has 1 aliphatic rings. The molecule has 3 heteroatoms. The highest BCUT2D eigenvalue weighted by molar-refractivity contribution is 4.94. The molecule has 0 atom stereocenters. The number of aliphatic hydroxyl groups is 1. The lowest BCUT2D eigenvalue weighted by atomic mass is 9.90. The maximum atomic E-state index is 9.80. The predicted octanol–water partition coefficient (Wildman–Crippen LogP) is 1.26. The SMILES string of the molecule is CCC1(O)CN(CCC(C)(C)OC)C1. The van der Waals surface area contributed by atoms with Gasteiger partial charge >= 0.3 is 0 Å². The van der Waals surface area contributed by atoms with E-state index in [4.69, 9.17) is 4.74 Å². The average Bonchev–Trinajstić information content (AvgIpc) is 2.10. The molecule has 1 N–H and O–H groups in total. The van der Waals surface area contributed by atoms with Gasteiger partial charge in [0.05, 0.1) is 11.2 Å².